The molecule has 0 aromatic rings. The first-order chi connectivity index (χ1) is 6.50. The van der Waals surface area contributed by atoms with Gasteiger partial charge in [-0.25, -0.2) is 0 Å². The van der Waals surface area contributed by atoms with E-state index in [-0.39, 0.29) is 27.7 Å². The molecule has 0 aliphatic carbocycles. The molecule has 0 atom stereocenters. The first kappa shape index (κ1) is 23.4. The largest absolute Gasteiger partial charge is 0 e. The van der Waals surface area contributed by atoms with Crippen LogP contribution < -0.4 is 0 Å². The van der Waals surface area contributed by atoms with Gasteiger partial charge < -0.3 is 0 Å². The van der Waals surface area contributed by atoms with Crippen LogP contribution in [-0.2, 0) is 27.7 Å². The van der Waals surface area contributed by atoms with Crippen LogP contribution in [-0.4, -0.2) is 54.0 Å². The molecular formula is C4F10HgSe2. The summed E-state index contributed by atoms with van der Waals surface area (Å²) < 4.78 is 109. The van der Waals surface area contributed by atoms with E-state index >= 15 is 0 Å². The Bertz CT molecular complexity index is 160. The summed E-state index contributed by atoms with van der Waals surface area (Å²) >= 11 is 1.40. The molecule has 0 saturated carbocycles. The van der Waals surface area contributed by atoms with E-state index in [9.17, 15) is 43.9 Å². The van der Waals surface area contributed by atoms with E-state index in [0.29, 0.717) is 32.0 Å². The van der Waals surface area contributed by atoms with Crippen molar-refractivity contribution in [3.8, 4) is 0 Å². The third-order valence-corrected chi connectivity index (χ3v) is 1.63. The second kappa shape index (κ2) is 7.16. The molecule has 0 saturated heterocycles. The van der Waals surface area contributed by atoms with Crippen LogP contribution in [0.25, 0.3) is 0 Å². The third kappa shape index (κ3) is 10.8. The molecule has 0 heterocycles. The molecular weight excluding hydrogens is 597 g/mol. The third-order valence-electron chi connectivity index (χ3n) is 0.660. The van der Waals surface area contributed by atoms with Crippen molar-refractivity contribution < 1.29 is 71.6 Å². The van der Waals surface area contributed by atoms with Gasteiger partial charge in [-0.15, -0.1) is 0 Å². The van der Waals surface area contributed by atoms with Crippen molar-refractivity contribution in [1.29, 1.82) is 0 Å². The van der Waals surface area contributed by atoms with Crippen LogP contribution in [0.3, 0.4) is 0 Å². The maximum Gasteiger partial charge on any atom is 0 e. The van der Waals surface area contributed by atoms with Crippen molar-refractivity contribution in [1.82, 2.24) is 0 Å². The van der Waals surface area contributed by atoms with Crippen molar-refractivity contribution in [3.05, 3.63) is 0 Å². The minimum atomic E-state index is -5.45. The van der Waals surface area contributed by atoms with Gasteiger partial charge in [0.2, 0.25) is 0 Å². The number of halogens is 10. The van der Waals surface area contributed by atoms with E-state index in [1.165, 1.54) is 0 Å². The van der Waals surface area contributed by atoms with Crippen LogP contribution in [0.5, 0.6) is 0 Å². The molecule has 0 unspecified atom stereocenters. The smallest absolute Gasteiger partial charge is 0 e. The Morgan fingerprint density at radius 2 is 0.529 bits per heavy atom. The summed E-state index contributed by atoms with van der Waals surface area (Å²) in [5.74, 6) is 0. The number of alkyl halides is 10. The zero-order valence-electron chi connectivity index (χ0n) is 7.30. The molecule has 0 aromatic carbocycles. The molecule has 100 valence electrons. The minimum Gasteiger partial charge on any atom is 0 e. The molecule has 0 aromatic heterocycles. The standard InChI is InChI=1S/2C2F5Se.Hg/c2*3-1(4,5)2(6,7)8;. The number of hydrogen-bond acceptors (Lipinski definition) is 0. The summed E-state index contributed by atoms with van der Waals surface area (Å²) in [6, 6.07) is 0. The van der Waals surface area contributed by atoms with Crippen LogP contribution in [0.2, 0.25) is 0 Å². The molecule has 0 aliphatic rings. The monoisotopic (exact) mass is 600 g/mol. The first-order valence-electron chi connectivity index (χ1n) is 2.80. The van der Waals surface area contributed by atoms with Gasteiger partial charge in [0, 0.05) is 27.7 Å². The maximum atomic E-state index is 11.0. The van der Waals surface area contributed by atoms with Gasteiger partial charge in [-0.3, -0.25) is 0 Å². The van der Waals surface area contributed by atoms with Crippen LogP contribution in [0, 0.1) is 0 Å². The molecule has 13 heteroatoms. The average Bonchev–Trinajstić information content (AvgIpc) is 1.77. The summed E-state index contributed by atoms with van der Waals surface area (Å²) in [4.78, 5) is -9.38. The second-order valence-electron chi connectivity index (χ2n) is 2.03. The fourth-order valence-electron chi connectivity index (χ4n) is 0. The SMILES string of the molecule is FC(F)(F)C(F)(F)[Se].FC(F)(F)C(F)(F)[Se].[Hg]. The molecule has 0 rings (SSSR count). The fourth-order valence-corrected chi connectivity index (χ4v) is 0. The quantitative estimate of drug-likeness (QED) is 0.298. The Morgan fingerprint density at radius 3 is 0.529 bits per heavy atom. The van der Waals surface area contributed by atoms with Gasteiger partial charge in [-0.1, -0.05) is 0 Å². The van der Waals surface area contributed by atoms with Gasteiger partial charge in [-0.2, -0.15) is 0 Å². The number of hydrogen-bond donors (Lipinski definition) is 0. The minimum absolute atomic E-state index is 0. The summed E-state index contributed by atoms with van der Waals surface area (Å²) in [6.07, 6.45) is -10.9. The summed E-state index contributed by atoms with van der Waals surface area (Å²) in [7, 11) is 0. The Kier molecular flexibility index (Phi) is 9.85. The normalized spacial score (nSPS) is 13.4. The molecule has 0 aliphatic heterocycles. The van der Waals surface area contributed by atoms with Gasteiger partial charge in [-0.05, 0) is 0 Å². The van der Waals surface area contributed by atoms with Crippen molar-refractivity contribution in [2.75, 3.05) is 0 Å². The Hall–Kier alpha value is 1.27. The Balaban J connectivity index is -0.000000218. The fraction of sp³-hybridized carbons (Fsp3) is 1.00. The van der Waals surface area contributed by atoms with Crippen LogP contribution in [0.15, 0.2) is 0 Å². The van der Waals surface area contributed by atoms with Gasteiger partial charge in [0.1, 0.15) is 0 Å². The van der Waals surface area contributed by atoms with Crippen molar-refractivity contribution in [2.45, 2.75) is 22.0 Å². The van der Waals surface area contributed by atoms with Crippen molar-refractivity contribution in [3.63, 3.8) is 0 Å². The molecule has 0 N–H and O–H groups in total. The first-order valence-corrected chi connectivity index (χ1v) is 4.51. The molecule has 0 spiro atoms. The molecule has 0 amide bonds. The predicted octanol–water partition coefficient (Wildman–Crippen LogP) is 2.62. The number of rotatable bonds is 0. The van der Waals surface area contributed by atoms with E-state index in [0.717, 1.165) is 0 Å². The van der Waals surface area contributed by atoms with Crippen molar-refractivity contribution >= 4 is 32.0 Å². The van der Waals surface area contributed by atoms with E-state index < -0.39 is 22.0 Å². The molecule has 2 radical (unpaired) electrons. The molecule has 0 nitrogen and oxygen atoms in total. The summed E-state index contributed by atoms with van der Waals surface area (Å²) in [5, 5.41) is 0. The van der Waals surface area contributed by atoms with Crippen LogP contribution >= 0.6 is 0 Å². The Morgan fingerprint density at radius 1 is 0.471 bits per heavy atom. The molecule has 17 heavy (non-hydrogen) atoms. The summed E-state index contributed by atoms with van der Waals surface area (Å²) in [5.41, 5.74) is 0. The molecule has 0 bridgehead atoms. The van der Waals surface area contributed by atoms with Gasteiger partial charge in [0.25, 0.3) is 0 Å². The van der Waals surface area contributed by atoms with E-state index in [1.54, 1.807) is 0 Å². The zero-order valence-corrected chi connectivity index (χ0v) is 16.2. The van der Waals surface area contributed by atoms with Gasteiger partial charge in [0.05, 0.1) is 0 Å². The summed E-state index contributed by atoms with van der Waals surface area (Å²) in [6.45, 7) is 0. The predicted molar refractivity (Wildman–Crippen MR) is 33.5 cm³/mol. The maximum absolute atomic E-state index is 11.0. The van der Waals surface area contributed by atoms with Crippen LogP contribution in [0.1, 0.15) is 0 Å². The van der Waals surface area contributed by atoms with Crippen molar-refractivity contribution in [2.24, 2.45) is 0 Å². The molecule has 0 fully saturated rings. The Labute approximate surface area is 125 Å². The van der Waals surface area contributed by atoms with E-state index in [1.807, 2.05) is 0 Å². The average molecular weight is 597 g/mol. The second-order valence-corrected chi connectivity index (χ2v) is 4.18. The van der Waals surface area contributed by atoms with E-state index in [4.69, 9.17) is 0 Å². The van der Waals surface area contributed by atoms with Crippen LogP contribution in [0.4, 0.5) is 43.9 Å². The van der Waals surface area contributed by atoms with Gasteiger partial charge >= 0.3 is 97.9 Å². The van der Waals surface area contributed by atoms with E-state index in [2.05, 4.69) is 0 Å². The zero-order chi connectivity index (χ0) is 14.0. The van der Waals surface area contributed by atoms with Gasteiger partial charge in [0.15, 0.2) is 0 Å². The topological polar surface area (TPSA) is 0 Å².